The van der Waals surface area contributed by atoms with E-state index in [9.17, 15) is 9.90 Å². The second kappa shape index (κ2) is 7.00. The maximum Gasteiger partial charge on any atom is 0.225 e. The molecule has 2 aromatic carbocycles. The van der Waals surface area contributed by atoms with Crippen LogP contribution in [0, 0.1) is 11.3 Å². The molecule has 2 aromatic rings. The molecule has 0 radical (unpaired) electrons. The Balaban J connectivity index is 2.16. The van der Waals surface area contributed by atoms with Crippen LogP contribution in [0.1, 0.15) is 30.0 Å². The van der Waals surface area contributed by atoms with Crippen molar-refractivity contribution in [2.24, 2.45) is 0 Å². The summed E-state index contributed by atoms with van der Waals surface area (Å²) in [7, 11) is 1.63. The van der Waals surface area contributed by atoms with Crippen molar-refractivity contribution in [2.45, 2.75) is 31.6 Å². The van der Waals surface area contributed by atoms with E-state index in [0.717, 1.165) is 21.9 Å². The van der Waals surface area contributed by atoms with Gasteiger partial charge in [0.2, 0.25) is 5.91 Å². The largest absolute Gasteiger partial charge is 0.390 e. The quantitative estimate of drug-likeness (QED) is 0.917. The number of carbonyl (C=O) groups is 1. The van der Waals surface area contributed by atoms with Gasteiger partial charge in [0.1, 0.15) is 0 Å². The van der Waals surface area contributed by atoms with Gasteiger partial charge in [0, 0.05) is 13.7 Å². The number of nitriles is 1. The van der Waals surface area contributed by atoms with Crippen molar-refractivity contribution in [1.29, 1.82) is 5.26 Å². The van der Waals surface area contributed by atoms with Crippen LogP contribution >= 0.6 is 0 Å². The molecule has 3 rings (SSSR count). The lowest BCUT2D eigenvalue weighted by Crippen LogP contribution is -2.31. The molecule has 1 N–H and O–H groups in total. The first-order valence-electron chi connectivity index (χ1n) is 8.01. The fourth-order valence-electron chi connectivity index (χ4n) is 3.52. The van der Waals surface area contributed by atoms with Crippen LogP contribution in [-0.2, 0) is 16.1 Å². The topological polar surface area (TPSA) is 73.6 Å². The normalized spacial score (nSPS) is 20.5. The lowest BCUT2D eigenvalue weighted by atomic mass is 9.91. The summed E-state index contributed by atoms with van der Waals surface area (Å²) in [5.74, 6) is -0.112. The number of methoxy groups -OCH3 is 1. The highest BCUT2D eigenvalue weighted by atomic mass is 16.5. The van der Waals surface area contributed by atoms with Crippen LogP contribution in [0.2, 0.25) is 0 Å². The predicted molar refractivity (Wildman–Crippen MR) is 90.0 cm³/mol. The highest BCUT2D eigenvalue weighted by molar-refractivity contribution is 5.89. The molecule has 5 nitrogen and oxygen atoms in total. The first kappa shape index (κ1) is 16.4. The Kier molecular flexibility index (Phi) is 4.79. The molecule has 1 aliphatic rings. The van der Waals surface area contributed by atoms with Crippen molar-refractivity contribution in [3.63, 3.8) is 0 Å². The zero-order valence-corrected chi connectivity index (χ0v) is 13.6. The average Bonchev–Trinajstić information content (AvgIpc) is 2.86. The number of amides is 1. The number of hydrogen-bond donors (Lipinski definition) is 1. The zero-order valence-electron chi connectivity index (χ0n) is 13.6. The molecule has 24 heavy (non-hydrogen) atoms. The minimum atomic E-state index is -0.780. The molecule has 1 fully saturated rings. The molecule has 2 atom stereocenters. The van der Waals surface area contributed by atoms with Gasteiger partial charge >= 0.3 is 0 Å². The number of carbonyl (C=O) groups excluding carboxylic acids is 1. The lowest BCUT2D eigenvalue weighted by molar-refractivity contribution is -0.128. The molecule has 0 bridgehead atoms. The molecule has 1 amide bonds. The van der Waals surface area contributed by atoms with Gasteiger partial charge in [-0.1, -0.05) is 36.4 Å². The molecule has 1 aliphatic heterocycles. The average molecular weight is 324 g/mol. The van der Waals surface area contributed by atoms with Gasteiger partial charge in [-0.3, -0.25) is 4.79 Å². The van der Waals surface area contributed by atoms with Crippen LogP contribution in [0.5, 0.6) is 0 Å². The van der Waals surface area contributed by atoms with Crippen molar-refractivity contribution in [3.8, 4) is 6.07 Å². The SMILES string of the molecule is COCc1ccc2ccccc2c1[C@@H]1[C@@H](O)CC(=O)N1CCC#N. The van der Waals surface area contributed by atoms with Gasteiger partial charge in [-0.25, -0.2) is 0 Å². The van der Waals surface area contributed by atoms with Gasteiger partial charge in [-0.05, 0) is 21.9 Å². The third-order valence-electron chi connectivity index (χ3n) is 4.53. The Hall–Kier alpha value is -2.42. The van der Waals surface area contributed by atoms with Crippen molar-refractivity contribution < 1.29 is 14.6 Å². The van der Waals surface area contributed by atoms with Crippen LogP contribution in [0.25, 0.3) is 10.8 Å². The third-order valence-corrected chi connectivity index (χ3v) is 4.53. The monoisotopic (exact) mass is 324 g/mol. The Morgan fingerprint density at radius 3 is 2.88 bits per heavy atom. The summed E-state index contributed by atoms with van der Waals surface area (Å²) >= 11 is 0. The highest BCUT2D eigenvalue weighted by Gasteiger charge is 2.41. The number of likely N-dealkylation sites (tertiary alicyclic amines) is 1. The number of ether oxygens (including phenoxy) is 1. The summed E-state index contributed by atoms with van der Waals surface area (Å²) < 4.78 is 5.32. The molecule has 0 aliphatic carbocycles. The minimum Gasteiger partial charge on any atom is -0.390 e. The van der Waals surface area contributed by atoms with Crippen LogP contribution in [0.4, 0.5) is 0 Å². The van der Waals surface area contributed by atoms with Crippen LogP contribution in [-0.4, -0.2) is 35.7 Å². The summed E-state index contributed by atoms with van der Waals surface area (Å²) in [6.45, 7) is 0.733. The molecular weight excluding hydrogens is 304 g/mol. The van der Waals surface area contributed by atoms with Gasteiger partial charge in [0.25, 0.3) is 0 Å². The van der Waals surface area contributed by atoms with Crippen molar-refractivity contribution >= 4 is 16.7 Å². The second-order valence-electron chi connectivity index (χ2n) is 6.00. The Bertz CT molecular complexity index is 797. The Labute approximate surface area is 141 Å². The van der Waals surface area contributed by atoms with Gasteiger partial charge < -0.3 is 14.7 Å². The smallest absolute Gasteiger partial charge is 0.225 e. The first-order chi connectivity index (χ1) is 11.7. The summed E-state index contributed by atoms with van der Waals surface area (Å²) in [5, 5.41) is 21.5. The van der Waals surface area contributed by atoms with Gasteiger partial charge in [0.05, 0.1) is 37.7 Å². The van der Waals surface area contributed by atoms with Crippen LogP contribution in [0.3, 0.4) is 0 Å². The fourth-order valence-corrected chi connectivity index (χ4v) is 3.52. The fraction of sp³-hybridized carbons (Fsp3) is 0.368. The maximum absolute atomic E-state index is 12.3. The summed E-state index contributed by atoms with van der Waals surface area (Å²) in [6.07, 6.45) is -0.442. The summed E-state index contributed by atoms with van der Waals surface area (Å²) in [4.78, 5) is 13.9. The van der Waals surface area contributed by atoms with E-state index in [-0.39, 0.29) is 18.7 Å². The standard InChI is InChI=1S/C19H20N2O3/c1-24-12-14-8-7-13-5-2-3-6-15(13)18(14)19-16(22)11-17(23)21(19)10-4-9-20/h2-3,5-8,16,19,22H,4,10-12H2,1H3/t16-,19-/m0/s1. The lowest BCUT2D eigenvalue weighted by Gasteiger charge is -2.29. The molecule has 1 saturated heterocycles. The number of hydrogen-bond acceptors (Lipinski definition) is 4. The molecule has 0 saturated carbocycles. The number of rotatable bonds is 5. The maximum atomic E-state index is 12.3. The van der Waals surface area contributed by atoms with E-state index in [1.165, 1.54) is 0 Å². The van der Waals surface area contributed by atoms with E-state index in [4.69, 9.17) is 10.00 Å². The Morgan fingerprint density at radius 2 is 2.12 bits per heavy atom. The molecular formula is C19H20N2O3. The van der Waals surface area contributed by atoms with Crippen molar-refractivity contribution in [2.75, 3.05) is 13.7 Å². The first-order valence-corrected chi connectivity index (χ1v) is 8.01. The van der Waals surface area contributed by atoms with Crippen LogP contribution < -0.4 is 0 Å². The van der Waals surface area contributed by atoms with Crippen LogP contribution in [0.15, 0.2) is 36.4 Å². The van der Waals surface area contributed by atoms with E-state index in [0.29, 0.717) is 13.2 Å². The molecule has 0 unspecified atom stereocenters. The molecule has 5 heteroatoms. The molecule has 1 heterocycles. The van der Waals surface area contributed by atoms with Crippen molar-refractivity contribution in [3.05, 3.63) is 47.5 Å². The number of aliphatic hydroxyl groups is 1. The molecule has 0 spiro atoms. The third kappa shape index (κ3) is 2.86. The molecule has 0 aromatic heterocycles. The van der Waals surface area contributed by atoms with Gasteiger partial charge in [-0.15, -0.1) is 0 Å². The van der Waals surface area contributed by atoms with E-state index in [2.05, 4.69) is 6.07 Å². The number of aliphatic hydroxyl groups excluding tert-OH is 1. The second-order valence-corrected chi connectivity index (χ2v) is 6.00. The van der Waals surface area contributed by atoms with E-state index in [1.807, 2.05) is 36.4 Å². The van der Waals surface area contributed by atoms with E-state index >= 15 is 0 Å². The molecule has 124 valence electrons. The van der Waals surface area contributed by atoms with Crippen molar-refractivity contribution in [1.82, 2.24) is 4.90 Å². The van der Waals surface area contributed by atoms with E-state index in [1.54, 1.807) is 12.0 Å². The number of benzene rings is 2. The Morgan fingerprint density at radius 1 is 1.33 bits per heavy atom. The predicted octanol–water partition coefficient (Wildman–Crippen LogP) is 2.53. The van der Waals surface area contributed by atoms with Gasteiger partial charge in [-0.2, -0.15) is 5.26 Å². The zero-order chi connectivity index (χ0) is 17.1. The van der Waals surface area contributed by atoms with E-state index < -0.39 is 12.1 Å². The van der Waals surface area contributed by atoms with Gasteiger partial charge in [0.15, 0.2) is 0 Å². The summed E-state index contributed by atoms with van der Waals surface area (Å²) in [6, 6.07) is 13.6. The number of nitrogens with zero attached hydrogens (tertiary/aromatic N) is 2. The number of fused-ring (bicyclic) bond motifs is 1. The summed E-state index contributed by atoms with van der Waals surface area (Å²) in [5.41, 5.74) is 1.88. The minimum absolute atomic E-state index is 0.0890. The highest BCUT2D eigenvalue weighted by Crippen LogP contribution is 2.39.